The molecule has 0 saturated carbocycles. The maximum atomic E-state index is 9.66. The Morgan fingerprint density at radius 3 is 2.85 bits per heavy atom. The summed E-state index contributed by atoms with van der Waals surface area (Å²) in [6, 6.07) is 3.76. The first-order valence-electron chi connectivity index (χ1n) is 3.95. The number of nitrogens with two attached hydrogens (primary N) is 1. The van der Waals surface area contributed by atoms with Crippen LogP contribution in [0.3, 0.4) is 0 Å². The van der Waals surface area contributed by atoms with Crippen molar-refractivity contribution in [1.82, 2.24) is 0 Å². The van der Waals surface area contributed by atoms with Gasteiger partial charge < -0.3 is 9.94 Å². The van der Waals surface area contributed by atoms with E-state index in [0.29, 0.717) is 17.5 Å². The summed E-state index contributed by atoms with van der Waals surface area (Å²) in [5.41, 5.74) is 1.91. The first-order chi connectivity index (χ1) is 6.16. The van der Waals surface area contributed by atoms with Crippen LogP contribution in [0, 0.1) is 6.92 Å². The van der Waals surface area contributed by atoms with Crippen molar-refractivity contribution in [2.45, 2.75) is 13.3 Å². The number of halogens is 1. The number of hydrogen-bond donors (Lipinski definition) is 2. The number of aromatic hydroxyl groups is 1. The maximum absolute atomic E-state index is 9.66. The molecule has 1 rings (SSSR count). The molecule has 4 heteroatoms. The smallest absolute Gasteiger partial charge is 0.133 e. The zero-order valence-corrected chi connectivity index (χ0v) is 8.97. The predicted molar refractivity (Wildman–Crippen MR) is 54.4 cm³/mol. The van der Waals surface area contributed by atoms with Crippen molar-refractivity contribution < 1.29 is 9.94 Å². The van der Waals surface area contributed by atoms with Crippen molar-refractivity contribution in [1.29, 1.82) is 0 Å². The van der Waals surface area contributed by atoms with Crippen LogP contribution in [-0.4, -0.2) is 11.7 Å². The molecule has 0 unspecified atom stereocenters. The quantitative estimate of drug-likeness (QED) is 0.801. The molecule has 0 saturated heterocycles. The van der Waals surface area contributed by atoms with Gasteiger partial charge in [-0.25, -0.2) is 5.90 Å². The fourth-order valence-electron chi connectivity index (χ4n) is 1.19. The molecular formula is C9H12BrNO2. The van der Waals surface area contributed by atoms with Crippen LogP contribution in [0.2, 0.25) is 0 Å². The van der Waals surface area contributed by atoms with Crippen LogP contribution in [0.25, 0.3) is 0 Å². The molecule has 13 heavy (non-hydrogen) atoms. The van der Waals surface area contributed by atoms with Gasteiger partial charge in [-0.2, -0.15) is 0 Å². The molecule has 0 aliphatic carbocycles. The summed E-state index contributed by atoms with van der Waals surface area (Å²) in [6.07, 6.45) is 0.619. The van der Waals surface area contributed by atoms with Gasteiger partial charge in [0.2, 0.25) is 0 Å². The number of hydrogen-bond acceptors (Lipinski definition) is 3. The van der Waals surface area contributed by atoms with Crippen molar-refractivity contribution >= 4 is 15.9 Å². The Balaban J connectivity index is 2.96. The summed E-state index contributed by atoms with van der Waals surface area (Å²) >= 11 is 3.25. The highest BCUT2D eigenvalue weighted by Crippen LogP contribution is 2.30. The van der Waals surface area contributed by atoms with E-state index in [1.165, 1.54) is 0 Å². The normalized spacial score (nSPS) is 10.4. The third-order valence-corrected chi connectivity index (χ3v) is 2.58. The number of phenols is 1. The molecular weight excluding hydrogens is 234 g/mol. The Morgan fingerprint density at radius 2 is 2.23 bits per heavy atom. The van der Waals surface area contributed by atoms with Gasteiger partial charge in [0, 0.05) is 12.0 Å². The van der Waals surface area contributed by atoms with Gasteiger partial charge >= 0.3 is 0 Å². The van der Waals surface area contributed by atoms with Crippen LogP contribution in [-0.2, 0) is 11.3 Å². The molecule has 3 N–H and O–H groups in total. The molecule has 0 aromatic heterocycles. The highest BCUT2D eigenvalue weighted by molar-refractivity contribution is 9.10. The van der Waals surface area contributed by atoms with Gasteiger partial charge in [-0.15, -0.1) is 0 Å². The summed E-state index contributed by atoms with van der Waals surface area (Å²) in [5.74, 6) is 5.20. The van der Waals surface area contributed by atoms with Gasteiger partial charge in [0.15, 0.2) is 0 Å². The lowest BCUT2D eigenvalue weighted by atomic mass is 10.1. The van der Waals surface area contributed by atoms with E-state index in [1.807, 2.05) is 19.1 Å². The standard InChI is InChI=1S/C9H12BrNO2/c1-6-2-3-8(10)9(12)7(6)4-5-13-11/h2-3,12H,4-5,11H2,1H3. The van der Waals surface area contributed by atoms with Crippen LogP contribution in [0.15, 0.2) is 16.6 Å². The number of aryl methyl sites for hydroxylation is 1. The van der Waals surface area contributed by atoms with Gasteiger partial charge in [0.05, 0.1) is 11.1 Å². The van der Waals surface area contributed by atoms with Crippen molar-refractivity contribution in [3.05, 3.63) is 27.7 Å². The Hall–Kier alpha value is -0.580. The molecule has 0 heterocycles. The van der Waals surface area contributed by atoms with Gasteiger partial charge in [0.1, 0.15) is 5.75 Å². The fourth-order valence-corrected chi connectivity index (χ4v) is 1.56. The Morgan fingerprint density at radius 1 is 1.54 bits per heavy atom. The summed E-state index contributed by atoms with van der Waals surface area (Å²) in [7, 11) is 0. The van der Waals surface area contributed by atoms with Crippen molar-refractivity contribution in [2.75, 3.05) is 6.61 Å². The second kappa shape index (κ2) is 4.60. The average molecular weight is 246 g/mol. The third-order valence-electron chi connectivity index (χ3n) is 1.94. The lowest BCUT2D eigenvalue weighted by molar-refractivity contribution is 0.140. The minimum Gasteiger partial charge on any atom is -0.506 e. The number of rotatable bonds is 3. The van der Waals surface area contributed by atoms with Crippen LogP contribution in [0.5, 0.6) is 5.75 Å². The highest BCUT2D eigenvalue weighted by atomic mass is 79.9. The second-order valence-electron chi connectivity index (χ2n) is 2.81. The maximum Gasteiger partial charge on any atom is 0.133 e. The zero-order chi connectivity index (χ0) is 9.84. The van der Waals surface area contributed by atoms with E-state index >= 15 is 0 Å². The van der Waals surface area contributed by atoms with E-state index < -0.39 is 0 Å². The fraction of sp³-hybridized carbons (Fsp3) is 0.333. The molecule has 1 aromatic rings. The SMILES string of the molecule is Cc1ccc(Br)c(O)c1CCON. The first kappa shape index (κ1) is 10.5. The summed E-state index contributed by atoms with van der Waals surface area (Å²) in [6.45, 7) is 2.35. The molecule has 72 valence electrons. The van der Waals surface area contributed by atoms with Gasteiger partial charge in [-0.05, 0) is 34.5 Å². The second-order valence-corrected chi connectivity index (χ2v) is 3.67. The van der Waals surface area contributed by atoms with E-state index in [0.717, 1.165) is 11.1 Å². The zero-order valence-electron chi connectivity index (χ0n) is 7.38. The molecule has 1 aromatic carbocycles. The van der Waals surface area contributed by atoms with Gasteiger partial charge in [0.25, 0.3) is 0 Å². The van der Waals surface area contributed by atoms with E-state index in [9.17, 15) is 5.11 Å². The van der Waals surface area contributed by atoms with Crippen LogP contribution in [0.1, 0.15) is 11.1 Å². The average Bonchev–Trinajstić information content (AvgIpc) is 2.12. The topological polar surface area (TPSA) is 55.5 Å². The first-order valence-corrected chi connectivity index (χ1v) is 4.74. The highest BCUT2D eigenvalue weighted by Gasteiger charge is 2.07. The summed E-state index contributed by atoms with van der Waals surface area (Å²) in [5, 5.41) is 9.66. The Bertz CT molecular complexity index is 302. The summed E-state index contributed by atoms with van der Waals surface area (Å²) in [4.78, 5) is 4.47. The lowest BCUT2D eigenvalue weighted by Crippen LogP contribution is -2.05. The van der Waals surface area contributed by atoms with Crippen molar-refractivity contribution in [2.24, 2.45) is 5.90 Å². The Labute approximate surface area is 85.6 Å². The lowest BCUT2D eigenvalue weighted by Gasteiger charge is -2.08. The molecule has 0 aliphatic rings. The minimum atomic E-state index is 0.275. The van der Waals surface area contributed by atoms with Crippen molar-refractivity contribution in [3.8, 4) is 5.75 Å². The number of phenolic OH excluding ortho intramolecular Hbond substituents is 1. The minimum absolute atomic E-state index is 0.275. The van der Waals surface area contributed by atoms with Crippen LogP contribution >= 0.6 is 15.9 Å². The molecule has 3 nitrogen and oxygen atoms in total. The van der Waals surface area contributed by atoms with Crippen LogP contribution in [0.4, 0.5) is 0 Å². The van der Waals surface area contributed by atoms with Gasteiger partial charge in [-0.3, -0.25) is 0 Å². The molecule has 0 bridgehead atoms. The van der Waals surface area contributed by atoms with Gasteiger partial charge in [-0.1, -0.05) is 6.07 Å². The largest absolute Gasteiger partial charge is 0.506 e. The Kier molecular flexibility index (Phi) is 3.71. The van der Waals surface area contributed by atoms with E-state index in [1.54, 1.807) is 0 Å². The van der Waals surface area contributed by atoms with E-state index in [2.05, 4.69) is 20.8 Å². The monoisotopic (exact) mass is 245 g/mol. The predicted octanol–water partition coefficient (Wildman–Crippen LogP) is 1.90. The van der Waals surface area contributed by atoms with E-state index in [-0.39, 0.29) is 5.75 Å². The third kappa shape index (κ3) is 2.43. The molecule has 0 radical (unpaired) electrons. The molecule has 0 aliphatic heterocycles. The molecule has 0 amide bonds. The summed E-state index contributed by atoms with van der Waals surface area (Å²) < 4.78 is 0.699. The molecule has 0 atom stereocenters. The molecule has 0 fully saturated rings. The van der Waals surface area contributed by atoms with Crippen molar-refractivity contribution in [3.63, 3.8) is 0 Å². The van der Waals surface area contributed by atoms with Crippen LogP contribution < -0.4 is 5.90 Å². The molecule has 0 spiro atoms. The van der Waals surface area contributed by atoms with E-state index in [4.69, 9.17) is 5.90 Å². The number of benzene rings is 1.